The van der Waals surface area contributed by atoms with Crippen LogP contribution in [0, 0.1) is 13.8 Å². The van der Waals surface area contributed by atoms with Crippen LogP contribution in [0.5, 0.6) is 0 Å². The molecule has 7 heteroatoms. The van der Waals surface area contributed by atoms with Gasteiger partial charge in [-0.2, -0.15) is 0 Å². The Hall–Kier alpha value is -2.12. The van der Waals surface area contributed by atoms with Crippen molar-refractivity contribution in [3.8, 4) is 0 Å². The molecule has 0 amide bonds. The number of hydrogen-bond acceptors (Lipinski definition) is 4. The zero-order chi connectivity index (χ0) is 19.8. The minimum Gasteiger partial charge on any atom is -0.461 e. The predicted molar refractivity (Wildman–Crippen MR) is 103 cm³/mol. The minimum absolute atomic E-state index is 0.163. The Bertz CT molecular complexity index is 976. The molecule has 1 aromatic heterocycles. The van der Waals surface area contributed by atoms with Crippen molar-refractivity contribution in [2.45, 2.75) is 51.0 Å². The van der Waals surface area contributed by atoms with Gasteiger partial charge in [0.2, 0.25) is 10.0 Å². The molecule has 0 spiro atoms. The molecule has 3 rings (SSSR count). The van der Waals surface area contributed by atoms with Gasteiger partial charge >= 0.3 is 5.97 Å². The van der Waals surface area contributed by atoms with Gasteiger partial charge in [0.25, 0.3) is 0 Å². The molecule has 0 radical (unpaired) electrons. The molecule has 6 nitrogen and oxygen atoms in total. The minimum atomic E-state index is -3.79. The Labute approximate surface area is 160 Å². The van der Waals surface area contributed by atoms with E-state index in [0.717, 1.165) is 24.8 Å². The summed E-state index contributed by atoms with van der Waals surface area (Å²) in [5.41, 5.74) is 3.44. The summed E-state index contributed by atoms with van der Waals surface area (Å²) in [6, 6.07) is 7.69. The summed E-state index contributed by atoms with van der Waals surface area (Å²) in [5.74, 6) is -0.509. The monoisotopic (exact) mass is 390 g/mol. The number of aryl methyl sites for hydroxylation is 1. The maximum Gasteiger partial charge on any atom is 0.355 e. The van der Waals surface area contributed by atoms with E-state index in [2.05, 4.69) is 4.72 Å². The molecule has 146 valence electrons. The molecule has 0 bridgehead atoms. The first-order valence-corrected chi connectivity index (χ1v) is 10.7. The molecule has 0 saturated carbocycles. The van der Waals surface area contributed by atoms with Gasteiger partial charge in [-0.25, -0.2) is 17.9 Å². The highest BCUT2D eigenvalue weighted by atomic mass is 32.2. The van der Waals surface area contributed by atoms with Crippen molar-refractivity contribution in [1.82, 2.24) is 9.29 Å². The molecule has 0 saturated heterocycles. The van der Waals surface area contributed by atoms with Gasteiger partial charge in [0.1, 0.15) is 10.6 Å². The highest BCUT2D eigenvalue weighted by molar-refractivity contribution is 7.89. The van der Waals surface area contributed by atoms with Gasteiger partial charge in [-0.3, -0.25) is 0 Å². The molecule has 0 aliphatic heterocycles. The first kappa shape index (κ1) is 19.6. The Morgan fingerprint density at radius 3 is 2.70 bits per heavy atom. The Morgan fingerprint density at radius 1 is 1.30 bits per heavy atom. The van der Waals surface area contributed by atoms with Crippen LogP contribution < -0.4 is 4.72 Å². The second-order valence-electron chi connectivity index (χ2n) is 6.93. The van der Waals surface area contributed by atoms with Crippen molar-refractivity contribution in [3.05, 3.63) is 52.3 Å². The molecule has 27 heavy (non-hydrogen) atoms. The number of hydrogen-bond donors (Lipinski definition) is 1. The third-order valence-electron chi connectivity index (χ3n) is 5.27. The topological polar surface area (TPSA) is 77.4 Å². The zero-order valence-electron chi connectivity index (χ0n) is 16.2. The largest absolute Gasteiger partial charge is 0.461 e. The number of nitrogens with one attached hydrogen (secondary N) is 1. The van der Waals surface area contributed by atoms with Crippen molar-refractivity contribution in [3.63, 3.8) is 0 Å². The highest BCUT2D eigenvalue weighted by Gasteiger charge is 2.32. The van der Waals surface area contributed by atoms with Gasteiger partial charge in [-0.1, -0.05) is 24.3 Å². The molecule has 0 unspecified atom stereocenters. The number of benzene rings is 1. The van der Waals surface area contributed by atoms with E-state index in [9.17, 15) is 13.2 Å². The second kappa shape index (κ2) is 7.48. The summed E-state index contributed by atoms with van der Waals surface area (Å²) in [4.78, 5) is 12.4. The lowest BCUT2D eigenvalue weighted by Crippen LogP contribution is -2.31. The van der Waals surface area contributed by atoms with Crippen LogP contribution in [0.1, 0.15) is 58.7 Å². The average molecular weight is 391 g/mol. The van der Waals surface area contributed by atoms with Crippen molar-refractivity contribution in [2.24, 2.45) is 7.05 Å². The Kier molecular flexibility index (Phi) is 5.44. The van der Waals surface area contributed by atoms with Crippen molar-refractivity contribution >= 4 is 16.0 Å². The van der Waals surface area contributed by atoms with Crippen LogP contribution in [0.2, 0.25) is 0 Å². The summed E-state index contributed by atoms with van der Waals surface area (Å²) in [6.45, 7) is 5.33. The second-order valence-corrected chi connectivity index (χ2v) is 8.58. The molecular weight excluding hydrogens is 364 g/mol. The summed E-state index contributed by atoms with van der Waals surface area (Å²) < 4.78 is 36.0. The van der Waals surface area contributed by atoms with Crippen LogP contribution in [0.25, 0.3) is 0 Å². The van der Waals surface area contributed by atoms with Gasteiger partial charge in [-0.15, -0.1) is 0 Å². The molecule has 1 atom stereocenters. The van der Waals surface area contributed by atoms with E-state index in [1.54, 1.807) is 32.4 Å². The van der Waals surface area contributed by atoms with Crippen LogP contribution >= 0.6 is 0 Å². The number of fused-ring (bicyclic) bond motifs is 1. The molecular formula is C20H26N2O4S. The lowest BCUT2D eigenvalue weighted by atomic mass is 9.88. The Balaban J connectivity index is 2.00. The van der Waals surface area contributed by atoms with E-state index < -0.39 is 16.0 Å². The third kappa shape index (κ3) is 3.53. The van der Waals surface area contributed by atoms with E-state index in [-0.39, 0.29) is 23.2 Å². The first-order valence-electron chi connectivity index (χ1n) is 9.21. The van der Waals surface area contributed by atoms with Crippen molar-refractivity contribution < 1.29 is 17.9 Å². The third-order valence-corrected chi connectivity index (χ3v) is 7.00. The summed E-state index contributed by atoms with van der Waals surface area (Å²) in [7, 11) is -2.11. The maximum atomic E-state index is 13.2. The number of sulfonamides is 1. The summed E-state index contributed by atoms with van der Waals surface area (Å²) >= 11 is 0. The van der Waals surface area contributed by atoms with Crippen molar-refractivity contribution in [2.75, 3.05) is 6.61 Å². The number of ether oxygens (including phenoxy) is 1. The van der Waals surface area contributed by atoms with E-state index in [0.29, 0.717) is 11.3 Å². The van der Waals surface area contributed by atoms with E-state index in [1.807, 2.05) is 24.3 Å². The van der Waals surface area contributed by atoms with Crippen LogP contribution in [0.3, 0.4) is 0 Å². The summed E-state index contributed by atoms with van der Waals surface area (Å²) in [6.07, 6.45) is 2.65. The van der Waals surface area contributed by atoms with Gasteiger partial charge in [-0.05, 0) is 51.2 Å². The highest BCUT2D eigenvalue weighted by Crippen LogP contribution is 2.33. The number of nitrogens with zero attached hydrogens (tertiary/aromatic N) is 1. The van der Waals surface area contributed by atoms with Crippen molar-refractivity contribution in [1.29, 1.82) is 0 Å². The molecule has 0 fully saturated rings. The SMILES string of the molecule is CCOC(=O)c1c(C)c(S(=O)(=O)N[C@H]2CCCc3ccccc32)c(C)n1C. The van der Waals surface area contributed by atoms with Crippen LogP contribution in [0.4, 0.5) is 0 Å². The van der Waals surface area contributed by atoms with E-state index in [1.165, 1.54) is 5.56 Å². The molecule has 2 aromatic rings. The van der Waals surface area contributed by atoms with Crippen LogP contribution in [0.15, 0.2) is 29.2 Å². The fourth-order valence-electron chi connectivity index (χ4n) is 3.96. The predicted octanol–water partition coefficient (Wildman–Crippen LogP) is 3.17. The van der Waals surface area contributed by atoms with E-state index in [4.69, 9.17) is 4.74 Å². The number of aromatic nitrogens is 1. The number of esters is 1. The quantitative estimate of drug-likeness (QED) is 0.796. The molecule has 1 aromatic carbocycles. The van der Waals surface area contributed by atoms with Gasteiger partial charge in [0.05, 0.1) is 6.61 Å². The van der Waals surface area contributed by atoms with Gasteiger partial charge < -0.3 is 9.30 Å². The normalized spacial score (nSPS) is 16.8. The average Bonchev–Trinajstić information content (AvgIpc) is 2.85. The van der Waals surface area contributed by atoms with Gasteiger partial charge in [0.15, 0.2) is 0 Å². The Morgan fingerprint density at radius 2 is 2.00 bits per heavy atom. The first-order chi connectivity index (χ1) is 12.8. The standard InChI is InChI=1S/C20H26N2O4S/c1-5-26-20(23)18-13(2)19(14(3)22(18)4)27(24,25)21-17-12-8-10-15-9-6-7-11-16(15)17/h6-7,9,11,17,21H,5,8,10,12H2,1-4H3/t17-/m0/s1. The lowest BCUT2D eigenvalue weighted by molar-refractivity contribution is 0.0514. The fraction of sp³-hybridized carbons (Fsp3) is 0.450. The fourth-order valence-corrected chi connectivity index (χ4v) is 5.72. The molecule has 1 heterocycles. The summed E-state index contributed by atoms with van der Waals surface area (Å²) in [5, 5.41) is 0. The number of carbonyl (C=O) groups is 1. The number of carbonyl (C=O) groups excluding carboxylic acids is 1. The molecule has 1 aliphatic carbocycles. The number of rotatable bonds is 5. The molecule has 1 aliphatic rings. The van der Waals surface area contributed by atoms with Crippen LogP contribution in [-0.2, 0) is 28.2 Å². The maximum absolute atomic E-state index is 13.2. The smallest absolute Gasteiger partial charge is 0.355 e. The van der Waals surface area contributed by atoms with Crippen LogP contribution in [-0.4, -0.2) is 25.6 Å². The molecule has 1 N–H and O–H groups in total. The van der Waals surface area contributed by atoms with Gasteiger partial charge in [0, 0.05) is 24.3 Å². The van der Waals surface area contributed by atoms with E-state index >= 15 is 0 Å². The zero-order valence-corrected chi connectivity index (χ0v) is 17.0. The lowest BCUT2D eigenvalue weighted by Gasteiger charge is -2.26.